The lowest BCUT2D eigenvalue weighted by Gasteiger charge is -2.07. The summed E-state index contributed by atoms with van der Waals surface area (Å²) in [7, 11) is 0. The molecule has 0 aliphatic carbocycles. The van der Waals surface area contributed by atoms with E-state index in [4.69, 9.17) is 0 Å². The zero-order valence-corrected chi connectivity index (χ0v) is 9.39. The molecule has 0 saturated heterocycles. The van der Waals surface area contributed by atoms with E-state index in [9.17, 15) is 9.90 Å². The van der Waals surface area contributed by atoms with E-state index in [0.717, 1.165) is 4.47 Å². The molecular weight excluding hydrogens is 256 g/mol. The van der Waals surface area contributed by atoms with Crippen molar-refractivity contribution in [3.05, 3.63) is 20.8 Å². The van der Waals surface area contributed by atoms with E-state index in [1.54, 1.807) is 18.4 Å². The standard InChI is InChI=1S/C8H9BrO3S/c1-2-12-8(11)6(10)7-5(9)3-4-13-7/h3-4,6,10H,2H2,1H3/t6-/m0/s1. The number of hydrogen-bond donors (Lipinski definition) is 1. The molecule has 1 aromatic heterocycles. The smallest absolute Gasteiger partial charge is 0.340 e. The topological polar surface area (TPSA) is 46.5 Å². The average Bonchev–Trinajstić information content (AvgIpc) is 2.50. The number of hydrogen-bond acceptors (Lipinski definition) is 4. The summed E-state index contributed by atoms with van der Waals surface area (Å²) in [6.45, 7) is 1.98. The van der Waals surface area contributed by atoms with E-state index < -0.39 is 12.1 Å². The van der Waals surface area contributed by atoms with Crippen LogP contribution in [0.25, 0.3) is 0 Å². The number of rotatable bonds is 3. The molecule has 0 radical (unpaired) electrons. The van der Waals surface area contributed by atoms with Crippen LogP contribution in [-0.2, 0) is 9.53 Å². The number of aliphatic hydroxyl groups excluding tert-OH is 1. The maximum Gasteiger partial charge on any atom is 0.340 e. The van der Waals surface area contributed by atoms with Crippen LogP contribution in [0, 0.1) is 0 Å². The van der Waals surface area contributed by atoms with E-state index in [1.807, 2.05) is 0 Å². The first-order valence-corrected chi connectivity index (χ1v) is 5.41. The van der Waals surface area contributed by atoms with Gasteiger partial charge in [-0.1, -0.05) is 0 Å². The molecule has 0 amide bonds. The van der Waals surface area contributed by atoms with Crippen molar-refractivity contribution in [1.82, 2.24) is 0 Å². The minimum atomic E-state index is -1.17. The van der Waals surface area contributed by atoms with E-state index in [2.05, 4.69) is 20.7 Å². The van der Waals surface area contributed by atoms with Gasteiger partial charge in [0.05, 0.1) is 11.5 Å². The molecule has 0 bridgehead atoms. The van der Waals surface area contributed by atoms with Crippen LogP contribution in [0.2, 0.25) is 0 Å². The third-order valence-electron chi connectivity index (χ3n) is 1.40. The maximum absolute atomic E-state index is 11.1. The van der Waals surface area contributed by atoms with Crippen molar-refractivity contribution < 1.29 is 14.6 Å². The summed E-state index contributed by atoms with van der Waals surface area (Å²) in [5.41, 5.74) is 0. The highest BCUT2D eigenvalue weighted by atomic mass is 79.9. The van der Waals surface area contributed by atoms with E-state index in [1.165, 1.54) is 11.3 Å². The van der Waals surface area contributed by atoms with Gasteiger partial charge in [-0.3, -0.25) is 0 Å². The molecule has 0 saturated carbocycles. The Kier molecular flexibility index (Phi) is 3.90. The summed E-state index contributed by atoms with van der Waals surface area (Å²) in [5, 5.41) is 11.3. The first kappa shape index (κ1) is 10.7. The zero-order chi connectivity index (χ0) is 9.84. The number of esters is 1. The molecule has 0 aliphatic rings. The second-order valence-corrected chi connectivity index (χ2v) is 4.09. The fourth-order valence-corrected chi connectivity index (χ4v) is 2.39. The van der Waals surface area contributed by atoms with Crippen LogP contribution < -0.4 is 0 Å². The van der Waals surface area contributed by atoms with E-state index in [0.29, 0.717) is 4.88 Å². The zero-order valence-electron chi connectivity index (χ0n) is 6.99. The minimum absolute atomic E-state index is 0.277. The Hall–Kier alpha value is -0.390. The highest BCUT2D eigenvalue weighted by molar-refractivity contribution is 9.10. The van der Waals surface area contributed by atoms with Crippen LogP contribution in [0.3, 0.4) is 0 Å². The molecule has 13 heavy (non-hydrogen) atoms. The van der Waals surface area contributed by atoms with Crippen molar-refractivity contribution in [3.8, 4) is 0 Å². The molecular formula is C8H9BrO3S. The normalized spacial score (nSPS) is 12.5. The second-order valence-electron chi connectivity index (χ2n) is 2.29. The van der Waals surface area contributed by atoms with Gasteiger partial charge in [-0.2, -0.15) is 0 Å². The quantitative estimate of drug-likeness (QED) is 0.851. The Labute approximate surface area is 88.5 Å². The Morgan fingerprint density at radius 2 is 2.54 bits per heavy atom. The van der Waals surface area contributed by atoms with Crippen molar-refractivity contribution in [2.75, 3.05) is 6.61 Å². The first-order valence-electron chi connectivity index (χ1n) is 3.74. The van der Waals surface area contributed by atoms with Gasteiger partial charge in [0.2, 0.25) is 0 Å². The van der Waals surface area contributed by atoms with Crippen LogP contribution in [0.1, 0.15) is 17.9 Å². The van der Waals surface area contributed by atoms with E-state index in [-0.39, 0.29) is 6.61 Å². The highest BCUT2D eigenvalue weighted by Gasteiger charge is 2.21. The minimum Gasteiger partial charge on any atom is -0.464 e. The fourth-order valence-electron chi connectivity index (χ4n) is 0.829. The van der Waals surface area contributed by atoms with Gasteiger partial charge >= 0.3 is 5.97 Å². The van der Waals surface area contributed by atoms with Gasteiger partial charge in [-0.05, 0) is 34.3 Å². The lowest BCUT2D eigenvalue weighted by atomic mass is 10.3. The maximum atomic E-state index is 11.1. The molecule has 0 aliphatic heterocycles. The predicted octanol–water partition coefficient (Wildman–Crippen LogP) is 2.11. The molecule has 5 heteroatoms. The van der Waals surface area contributed by atoms with Crippen LogP contribution >= 0.6 is 27.3 Å². The number of thiophene rings is 1. The fraction of sp³-hybridized carbons (Fsp3) is 0.375. The molecule has 0 unspecified atom stereocenters. The summed E-state index contributed by atoms with van der Waals surface area (Å²) in [5.74, 6) is -0.606. The summed E-state index contributed by atoms with van der Waals surface area (Å²) in [6, 6.07) is 1.78. The monoisotopic (exact) mass is 264 g/mol. The average molecular weight is 265 g/mol. The summed E-state index contributed by atoms with van der Waals surface area (Å²) in [4.78, 5) is 11.7. The van der Waals surface area contributed by atoms with Gasteiger partial charge < -0.3 is 9.84 Å². The van der Waals surface area contributed by atoms with Crippen LogP contribution in [0.5, 0.6) is 0 Å². The third kappa shape index (κ3) is 2.52. The summed E-state index contributed by atoms with van der Waals surface area (Å²) in [6.07, 6.45) is -1.17. The van der Waals surface area contributed by atoms with Gasteiger partial charge in [0, 0.05) is 4.47 Å². The largest absolute Gasteiger partial charge is 0.464 e. The van der Waals surface area contributed by atoms with Gasteiger partial charge in [-0.15, -0.1) is 11.3 Å². The molecule has 1 N–H and O–H groups in total. The van der Waals surface area contributed by atoms with Crippen LogP contribution in [0.15, 0.2) is 15.9 Å². The van der Waals surface area contributed by atoms with Crippen LogP contribution in [0.4, 0.5) is 0 Å². The summed E-state index contributed by atoms with van der Waals surface area (Å²) < 4.78 is 5.41. The lowest BCUT2D eigenvalue weighted by Crippen LogP contribution is -2.14. The van der Waals surface area contributed by atoms with Gasteiger partial charge in [0.1, 0.15) is 0 Å². The molecule has 1 aromatic rings. The molecule has 0 spiro atoms. The summed E-state index contributed by atoms with van der Waals surface area (Å²) >= 11 is 4.54. The molecule has 0 fully saturated rings. The number of carbonyl (C=O) groups is 1. The van der Waals surface area contributed by atoms with Crippen molar-refractivity contribution >= 4 is 33.2 Å². The molecule has 3 nitrogen and oxygen atoms in total. The third-order valence-corrected chi connectivity index (χ3v) is 3.33. The van der Waals surface area contributed by atoms with Crippen LogP contribution in [-0.4, -0.2) is 17.7 Å². The molecule has 1 heterocycles. The number of halogens is 1. The molecule has 1 rings (SSSR count). The Balaban J connectivity index is 2.73. The number of carbonyl (C=O) groups excluding carboxylic acids is 1. The molecule has 1 atom stereocenters. The lowest BCUT2D eigenvalue weighted by molar-refractivity contribution is -0.153. The number of ether oxygens (including phenoxy) is 1. The second kappa shape index (κ2) is 4.74. The first-order chi connectivity index (χ1) is 6.16. The Bertz CT molecular complexity index is 297. The van der Waals surface area contributed by atoms with Crippen molar-refractivity contribution in [2.24, 2.45) is 0 Å². The molecule has 0 aromatic carbocycles. The SMILES string of the molecule is CCOC(=O)[C@@H](O)c1sccc1Br. The Morgan fingerprint density at radius 1 is 1.85 bits per heavy atom. The van der Waals surface area contributed by atoms with E-state index >= 15 is 0 Å². The predicted molar refractivity (Wildman–Crippen MR) is 53.6 cm³/mol. The van der Waals surface area contributed by atoms with Crippen molar-refractivity contribution in [3.63, 3.8) is 0 Å². The molecule has 72 valence electrons. The van der Waals surface area contributed by atoms with Crippen molar-refractivity contribution in [1.29, 1.82) is 0 Å². The van der Waals surface area contributed by atoms with Gasteiger partial charge in [0.15, 0.2) is 6.10 Å². The van der Waals surface area contributed by atoms with Gasteiger partial charge in [0.25, 0.3) is 0 Å². The highest BCUT2D eigenvalue weighted by Crippen LogP contribution is 2.29. The number of aliphatic hydroxyl groups is 1. The van der Waals surface area contributed by atoms with Gasteiger partial charge in [-0.25, -0.2) is 4.79 Å². The van der Waals surface area contributed by atoms with Crippen molar-refractivity contribution in [2.45, 2.75) is 13.0 Å². The Morgan fingerprint density at radius 3 is 3.00 bits per heavy atom.